The van der Waals surface area contributed by atoms with Crippen LogP contribution in [0.2, 0.25) is 5.02 Å². The Morgan fingerprint density at radius 2 is 1.86 bits per heavy atom. The van der Waals surface area contributed by atoms with Gasteiger partial charge in [0, 0.05) is 44.4 Å². The van der Waals surface area contributed by atoms with Gasteiger partial charge in [-0.2, -0.15) is 0 Å². The summed E-state index contributed by atoms with van der Waals surface area (Å²) in [6.07, 6.45) is 1.01. The zero-order chi connectivity index (χ0) is 21.2. The summed E-state index contributed by atoms with van der Waals surface area (Å²) in [5.74, 6) is -0.313. The van der Waals surface area contributed by atoms with Crippen LogP contribution in [-0.4, -0.2) is 80.8 Å². The van der Waals surface area contributed by atoms with E-state index in [0.717, 1.165) is 12.0 Å². The van der Waals surface area contributed by atoms with Gasteiger partial charge in [-0.3, -0.25) is 14.6 Å². The van der Waals surface area contributed by atoms with E-state index in [2.05, 4.69) is 15.1 Å². The van der Waals surface area contributed by atoms with Crippen LogP contribution in [0.5, 0.6) is 0 Å². The van der Waals surface area contributed by atoms with E-state index in [9.17, 15) is 9.59 Å². The van der Waals surface area contributed by atoms with Gasteiger partial charge in [0.2, 0.25) is 5.91 Å². The van der Waals surface area contributed by atoms with Crippen LogP contribution in [0.25, 0.3) is 0 Å². The van der Waals surface area contributed by atoms with Crippen LogP contribution in [0.3, 0.4) is 0 Å². The third-order valence-corrected chi connectivity index (χ3v) is 5.20. The first-order chi connectivity index (χ1) is 13.9. The van der Waals surface area contributed by atoms with E-state index < -0.39 is 6.04 Å². The fraction of sp³-hybridized carbons (Fsp3) is 0.619. The Labute approximate surface area is 178 Å². The first kappa shape index (κ1) is 23.6. The SMILES string of the molecule is COC(=O)C(c1ccccc1Cl)N1CCN(CC(=O)NCCCOC(C)C)CC1. The zero-order valence-electron chi connectivity index (χ0n) is 17.5. The van der Waals surface area contributed by atoms with Crippen molar-refractivity contribution in [2.45, 2.75) is 32.4 Å². The molecule has 2 rings (SSSR count). The number of esters is 1. The molecule has 1 N–H and O–H groups in total. The monoisotopic (exact) mass is 425 g/mol. The maximum atomic E-state index is 12.4. The third kappa shape index (κ3) is 7.59. The maximum absolute atomic E-state index is 12.4. The van der Waals surface area contributed by atoms with E-state index in [0.29, 0.717) is 50.9 Å². The Morgan fingerprint density at radius 1 is 1.17 bits per heavy atom. The summed E-state index contributed by atoms with van der Waals surface area (Å²) < 4.78 is 10.5. The van der Waals surface area contributed by atoms with Crippen LogP contribution in [0.15, 0.2) is 24.3 Å². The number of carbonyl (C=O) groups excluding carboxylic acids is 2. The normalized spacial score (nSPS) is 16.6. The second-order valence-corrected chi connectivity index (χ2v) is 7.79. The number of ether oxygens (including phenoxy) is 2. The van der Waals surface area contributed by atoms with Crippen molar-refractivity contribution in [3.63, 3.8) is 0 Å². The predicted molar refractivity (Wildman–Crippen MR) is 113 cm³/mol. The Balaban J connectivity index is 1.81. The molecule has 7 nitrogen and oxygen atoms in total. The molecule has 1 atom stereocenters. The maximum Gasteiger partial charge on any atom is 0.327 e. The molecule has 0 spiro atoms. The molecule has 1 unspecified atom stereocenters. The van der Waals surface area contributed by atoms with Gasteiger partial charge in [-0.25, -0.2) is 4.79 Å². The van der Waals surface area contributed by atoms with Gasteiger partial charge in [-0.15, -0.1) is 0 Å². The molecule has 1 heterocycles. The molecule has 0 radical (unpaired) electrons. The lowest BCUT2D eigenvalue weighted by atomic mass is 10.0. The molecule has 0 aromatic heterocycles. The second kappa shape index (κ2) is 12.1. The number of nitrogens with zero attached hydrogens (tertiary/aromatic N) is 2. The summed E-state index contributed by atoms with van der Waals surface area (Å²) in [7, 11) is 1.39. The van der Waals surface area contributed by atoms with Crippen molar-refractivity contribution in [3.8, 4) is 0 Å². The number of rotatable bonds is 10. The summed E-state index contributed by atoms with van der Waals surface area (Å²) in [6, 6.07) is 6.80. The third-order valence-electron chi connectivity index (χ3n) is 4.86. The Hall–Kier alpha value is -1.67. The van der Waals surface area contributed by atoms with Gasteiger partial charge in [-0.05, 0) is 31.9 Å². The smallest absolute Gasteiger partial charge is 0.327 e. The lowest BCUT2D eigenvalue weighted by Crippen LogP contribution is -2.51. The Morgan fingerprint density at radius 3 is 2.48 bits per heavy atom. The largest absolute Gasteiger partial charge is 0.468 e. The van der Waals surface area contributed by atoms with Crippen molar-refractivity contribution in [2.24, 2.45) is 0 Å². The molecule has 1 saturated heterocycles. The van der Waals surface area contributed by atoms with Crippen LogP contribution in [0, 0.1) is 0 Å². The minimum absolute atomic E-state index is 0.0126. The van der Waals surface area contributed by atoms with Crippen LogP contribution >= 0.6 is 11.6 Å². The molecule has 1 aliphatic rings. The zero-order valence-corrected chi connectivity index (χ0v) is 18.3. The number of halogens is 1. The number of hydrogen-bond acceptors (Lipinski definition) is 6. The number of methoxy groups -OCH3 is 1. The minimum atomic E-state index is -0.536. The molecule has 1 aromatic rings. The van der Waals surface area contributed by atoms with E-state index in [1.165, 1.54) is 7.11 Å². The number of amides is 1. The average molecular weight is 426 g/mol. The van der Waals surface area contributed by atoms with E-state index in [-0.39, 0.29) is 18.0 Å². The summed E-state index contributed by atoms with van der Waals surface area (Å²) in [5.41, 5.74) is 0.746. The van der Waals surface area contributed by atoms with E-state index in [1.54, 1.807) is 6.07 Å². The summed E-state index contributed by atoms with van der Waals surface area (Å²) in [5, 5.41) is 3.48. The Bertz CT molecular complexity index is 663. The topological polar surface area (TPSA) is 71.1 Å². The van der Waals surface area contributed by atoms with Crippen LogP contribution < -0.4 is 5.32 Å². The fourth-order valence-electron chi connectivity index (χ4n) is 3.34. The number of nitrogens with one attached hydrogen (secondary N) is 1. The summed E-state index contributed by atoms with van der Waals surface area (Å²) >= 11 is 6.32. The number of benzene rings is 1. The van der Waals surface area contributed by atoms with E-state index >= 15 is 0 Å². The standard InChI is InChI=1S/C21H32ClN3O4/c1-16(2)29-14-6-9-23-19(26)15-24-10-12-25(13-11-24)20(21(27)28-3)17-7-4-5-8-18(17)22/h4-5,7-8,16,20H,6,9-15H2,1-3H3,(H,23,26). The van der Waals surface area contributed by atoms with Crippen molar-refractivity contribution in [2.75, 3.05) is 53.0 Å². The van der Waals surface area contributed by atoms with Crippen molar-refractivity contribution in [1.82, 2.24) is 15.1 Å². The van der Waals surface area contributed by atoms with Gasteiger partial charge in [0.1, 0.15) is 6.04 Å². The van der Waals surface area contributed by atoms with Crippen molar-refractivity contribution in [3.05, 3.63) is 34.9 Å². The molecule has 1 aliphatic heterocycles. The van der Waals surface area contributed by atoms with Crippen LogP contribution in [0.1, 0.15) is 31.9 Å². The van der Waals surface area contributed by atoms with Gasteiger partial charge >= 0.3 is 5.97 Å². The molecule has 29 heavy (non-hydrogen) atoms. The average Bonchev–Trinajstić information content (AvgIpc) is 2.70. The minimum Gasteiger partial charge on any atom is -0.468 e. The molecule has 8 heteroatoms. The Kier molecular flexibility index (Phi) is 9.87. The van der Waals surface area contributed by atoms with E-state index in [1.807, 2.05) is 32.0 Å². The molecule has 1 fully saturated rings. The van der Waals surface area contributed by atoms with Gasteiger partial charge in [0.05, 0.1) is 19.8 Å². The molecule has 0 aliphatic carbocycles. The molecule has 1 amide bonds. The highest BCUT2D eigenvalue weighted by Gasteiger charge is 2.32. The van der Waals surface area contributed by atoms with Gasteiger partial charge in [0.15, 0.2) is 0 Å². The molecule has 1 aromatic carbocycles. The molecular weight excluding hydrogens is 394 g/mol. The van der Waals surface area contributed by atoms with Crippen LogP contribution in [-0.2, 0) is 19.1 Å². The van der Waals surface area contributed by atoms with Gasteiger partial charge in [-0.1, -0.05) is 29.8 Å². The molecule has 0 bridgehead atoms. The quantitative estimate of drug-likeness (QED) is 0.457. The lowest BCUT2D eigenvalue weighted by Gasteiger charge is -2.38. The number of hydrogen-bond donors (Lipinski definition) is 1. The number of piperazine rings is 1. The summed E-state index contributed by atoms with van der Waals surface area (Å²) in [6.45, 7) is 8.30. The van der Waals surface area contributed by atoms with Crippen molar-refractivity contribution in [1.29, 1.82) is 0 Å². The second-order valence-electron chi connectivity index (χ2n) is 7.38. The highest BCUT2D eigenvalue weighted by molar-refractivity contribution is 6.31. The van der Waals surface area contributed by atoms with Crippen LogP contribution in [0.4, 0.5) is 0 Å². The first-order valence-electron chi connectivity index (χ1n) is 10.1. The fourth-order valence-corrected chi connectivity index (χ4v) is 3.58. The highest BCUT2D eigenvalue weighted by atomic mass is 35.5. The highest BCUT2D eigenvalue weighted by Crippen LogP contribution is 2.29. The van der Waals surface area contributed by atoms with Crippen molar-refractivity contribution < 1.29 is 19.1 Å². The molecule has 162 valence electrons. The lowest BCUT2D eigenvalue weighted by molar-refractivity contribution is -0.148. The van der Waals surface area contributed by atoms with Gasteiger partial charge < -0.3 is 14.8 Å². The predicted octanol–water partition coefficient (Wildman–Crippen LogP) is 2.10. The van der Waals surface area contributed by atoms with Crippen molar-refractivity contribution >= 4 is 23.5 Å². The molecule has 0 saturated carbocycles. The number of carbonyl (C=O) groups is 2. The first-order valence-corrected chi connectivity index (χ1v) is 10.5. The van der Waals surface area contributed by atoms with Gasteiger partial charge in [0.25, 0.3) is 0 Å². The van der Waals surface area contributed by atoms with E-state index in [4.69, 9.17) is 21.1 Å². The molecular formula is C21H32ClN3O4. The summed E-state index contributed by atoms with van der Waals surface area (Å²) in [4.78, 5) is 28.7.